The van der Waals surface area contributed by atoms with Gasteiger partial charge in [-0.05, 0) is 25.1 Å². The van der Waals surface area contributed by atoms with E-state index in [0.717, 1.165) is 17.7 Å². The minimum atomic E-state index is -1.62. The van der Waals surface area contributed by atoms with Crippen molar-refractivity contribution in [2.24, 2.45) is 0 Å². The maximum Gasteiger partial charge on any atom is 0.229 e. The maximum absolute atomic E-state index is 12.5. The van der Waals surface area contributed by atoms with Crippen LogP contribution in [0, 0.1) is 6.92 Å². The van der Waals surface area contributed by atoms with Gasteiger partial charge < -0.3 is 40.1 Å². The average Bonchev–Trinajstić information content (AvgIpc) is 2.74. The molecule has 6 N–H and O–H groups in total. The molecule has 9 nitrogen and oxygen atoms in total. The van der Waals surface area contributed by atoms with E-state index in [9.17, 15) is 35.4 Å². The molecule has 9 heteroatoms. The molecule has 0 amide bonds. The minimum Gasteiger partial charge on any atom is -0.507 e. The van der Waals surface area contributed by atoms with Gasteiger partial charge in [-0.3, -0.25) is 4.79 Å². The zero-order chi connectivity index (χ0) is 22.7. The first-order valence-corrected chi connectivity index (χ1v) is 9.53. The molecule has 0 aliphatic carbocycles. The number of carbonyl (C=O) groups is 1. The summed E-state index contributed by atoms with van der Waals surface area (Å²) in [7, 11) is 0. The quantitative estimate of drug-likeness (QED) is 0.219. The molecule has 1 aliphatic heterocycles. The van der Waals surface area contributed by atoms with Crippen molar-refractivity contribution in [3.63, 3.8) is 0 Å². The van der Waals surface area contributed by atoms with Crippen LogP contribution in [0.3, 0.4) is 0 Å². The summed E-state index contributed by atoms with van der Waals surface area (Å²) in [5.41, 5.74) is 1.26. The number of benzene rings is 2. The molecule has 2 aromatic carbocycles. The summed E-state index contributed by atoms with van der Waals surface area (Å²) in [4.78, 5) is 12.5. The number of ketones is 1. The Hall–Kier alpha value is -2.95. The van der Waals surface area contributed by atoms with E-state index in [1.165, 1.54) is 12.1 Å². The van der Waals surface area contributed by atoms with E-state index < -0.39 is 48.8 Å². The molecule has 0 bridgehead atoms. The summed E-state index contributed by atoms with van der Waals surface area (Å²) < 4.78 is 10.6. The average molecular weight is 432 g/mol. The molecule has 31 heavy (non-hydrogen) atoms. The normalized spacial score (nSPS) is 26.5. The molecule has 0 radical (unpaired) electrons. The number of aliphatic hydroxyl groups excluding tert-OH is 5. The summed E-state index contributed by atoms with van der Waals surface area (Å²) in [6.45, 7) is 1.23. The highest BCUT2D eigenvalue weighted by Crippen LogP contribution is 2.29. The largest absolute Gasteiger partial charge is 0.507 e. The van der Waals surface area contributed by atoms with Crippen molar-refractivity contribution in [2.45, 2.75) is 37.6 Å². The van der Waals surface area contributed by atoms with Gasteiger partial charge in [0.05, 0.1) is 12.2 Å². The van der Waals surface area contributed by atoms with E-state index in [1.54, 1.807) is 18.2 Å². The molecule has 5 atom stereocenters. The molecule has 0 aromatic heterocycles. The van der Waals surface area contributed by atoms with Crippen LogP contribution in [0.15, 0.2) is 48.5 Å². The topological polar surface area (TPSA) is 157 Å². The van der Waals surface area contributed by atoms with Crippen LogP contribution in [0.1, 0.15) is 21.5 Å². The van der Waals surface area contributed by atoms with Gasteiger partial charge in [0.2, 0.25) is 6.29 Å². The van der Waals surface area contributed by atoms with Crippen molar-refractivity contribution in [3.05, 3.63) is 65.2 Å². The standard InChI is InChI=1S/C22H24O9/c1-11-3-2-4-12(7-11)15(24)9-17(26)14-6-5-13(8-16(14)25)30-22-21(29)20(28)19(27)18(10-23)31-22/h2-9,18-25,27-29H,10H2,1H3/b15-9-/t18-,19-,20+,21-,22-/m1/s1. The second-order valence-electron chi connectivity index (χ2n) is 7.26. The highest BCUT2D eigenvalue weighted by Gasteiger charge is 2.44. The summed E-state index contributed by atoms with van der Waals surface area (Å²) >= 11 is 0. The van der Waals surface area contributed by atoms with E-state index in [2.05, 4.69) is 0 Å². The summed E-state index contributed by atoms with van der Waals surface area (Å²) in [6.07, 6.45) is -6.34. The smallest absolute Gasteiger partial charge is 0.229 e. The Bertz CT molecular complexity index is 969. The van der Waals surface area contributed by atoms with Gasteiger partial charge in [0.15, 0.2) is 5.78 Å². The van der Waals surface area contributed by atoms with Crippen LogP contribution < -0.4 is 4.74 Å². The Morgan fingerprint density at radius 2 is 1.84 bits per heavy atom. The predicted octanol–water partition coefficient (Wildman–Crippen LogP) is 0.661. The first-order valence-electron chi connectivity index (χ1n) is 9.53. The zero-order valence-corrected chi connectivity index (χ0v) is 16.6. The first kappa shape index (κ1) is 22.7. The molecule has 0 unspecified atom stereocenters. The number of phenolic OH excluding ortho intramolecular Hbond substituents is 1. The number of rotatable bonds is 6. The van der Waals surface area contributed by atoms with Crippen molar-refractivity contribution >= 4 is 11.5 Å². The maximum atomic E-state index is 12.5. The van der Waals surface area contributed by atoms with Crippen LogP contribution >= 0.6 is 0 Å². The highest BCUT2D eigenvalue weighted by atomic mass is 16.7. The van der Waals surface area contributed by atoms with Gasteiger partial charge in [-0.15, -0.1) is 0 Å². The van der Waals surface area contributed by atoms with Crippen molar-refractivity contribution in [2.75, 3.05) is 6.61 Å². The Morgan fingerprint density at radius 1 is 1.10 bits per heavy atom. The van der Waals surface area contributed by atoms with Gasteiger partial charge in [0.25, 0.3) is 0 Å². The lowest BCUT2D eigenvalue weighted by molar-refractivity contribution is -0.277. The Kier molecular flexibility index (Phi) is 6.94. The van der Waals surface area contributed by atoms with Crippen LogP contribution in [-0.4, -0.2) is 73.7 Å². The lowest BCUT2D eigenvalue weighted by Gasteiger charge is -2.39. The minimum absolute atomic E-state index is 0.00488. The molecule has 1 heterocycles. The second kappa shape index (κ2) is 9.46. The molecular weight excluding hydrogens is 408 g/mol. The van der Waals surface area contributed by atoms with Crippen LogP contribution in [0.25, 0.3) is 5.76 Å². The van der Waals surface area contributed by atoms with E-state index in [1.807, 2.05) is 13.0 Å². The van der Waals surface area contributed by atoms with E-state index >= 15 is 0 Å². The van der Waals surface area contributed by atoms with Crippen molar-refractivity contribution in [1.82, 2.24) is 0 Å². The zero-order valence-electron chi connectivity index (χ0n) is 16.6. The molecule has 1 aliphatic rings. The lowest BCUT2D eigenvalue weighted by atomic mass is 9.99. The van der Waals surface area contributed by atoms with E-state index in [4.69, 9.17) is 9.47 Å². The fourth-order valence-electron chi connectivity index (χ4n) is 3.18. The van der Waals surface area contributed by atoms with Gasteiger partial charge in [-0.1, -0.05) is 23.8 Å². The van der Waals surface area contributed by atoms with E-state index in [-0.39, 0.29) is 17.1 Å². The number of allylic oxidation sites excluding steroid dienone is 1. The monoisotopic (exact) mass is 432 g/mol. The molecule has 1 saturated heterocycles. The number of hydrogen-bond acceptors (Lipinski definition) is 9. The van der Waals surface area contributed by atoms with Gasteiger partial charge in [-0.25, -0.2) is 0 Å². The number of carbonyl (C=O) groups excluding carboxylic acids is 1. The molecule has 1 fully saturated rings. The van der Waals surface area contributed by atoms with Crippen molar-refractivity contribution < 1.29 is 44.9 Å². The third-order valence-electron chi connectivity index (χ3n) is 4.92. The highest BCUT2D eigenvalue weighted by molar-refractivity contribution is 6.09. The molecule has 2 aromatic rings. The fourth-order valence-corrected chi connectivity index (χ4v) is 3.18. The van der Waals surface area contributed by atoms with E-state index in [0.29, 0.717) is 5.56 Å². The number of phenols is 1. The summed E-state index contributed by atoms with van der Waals surface area (Å²) in [6, 6.07) is 10.6. The summed E-state index contributed by atoms with van der Waals surface area (Å²) in [5, 5.41) is 59.3. The third-order valence-corrected chi connectivity index (χ3v) is 4.92. The Balaban J connectivity index is 1.75. The van der Waals surface area contributed by atoms with Crippen LogP contribution in [-0.2, 0) is 4.74 Å². The predicted molar refractivity (Wildman–Crippen MR) is 109 cm³/mol. The molecule has 0 saturated carbocycles. The number of ether oxygens (including phenoxy) is 2. The number of hydrogen-bond donors (Lipinski definition) is 6. The summed E-state index contributed by atoms with van der Waals surface area (Å²) in [5.74, 6) is -1.34. The molecule has 0 spiro atoms. The van der Waals surface area contributed by atoms with Gasteiger partial charge in [0.1, 0.15) is 41.7 Å². The molecule has 3 rings (SSSR count). The van der Waals surface area contributed by atoms with Gasteiger partial charge in [-0.2, -0.15) is 0 Å². The van der Waals surface area contributed by atoms with Gasteiger partial charge in [0, 0.05) is 17.7 Å². The van der Waals surface area contributed by atoms with Crippen molar-refractivity contribution in [1.29, 1.82) is 0 Å². The number of aryl methyl sites for hydroxylation is 1. The van der Waals surface area contributed by atoms with Crippen molar-refractivity contribution in [3.8, 4) is 11.5 Å². The van der Waals surface area contributed by atoms with Crippen LogP contribution in [0.4, 0.5) is 0 Å². The van der Waals surface area contributed by atoms with Crippen LogP contribution in [0.2, 0.25) is 0 Å². The molecule has 166 valence electrons. The SMILES string of the molecule is Cc1cccc(/C(O)=C/C(=O)c2ccc(O[C@@H]3O[C@H](CO)[C@@H](O)[C@H](O)[C@H]3O)cc2O)c1. The Labute approximate surface area is 178 Å². The van der Waals surface area contributed by atoms with Gasteiger partial charge >= 0.3 is 0 Å². The lowest BCUT2D eigenvalue weighted by Crippen LogP contribution is -2.60. The fraction of sp³-hybridized carbons (Fsp3) is 0.318. The molecular formula is C22H24O9. The number of aromatic hydroxyl groups is 1. The van der Waals surface area contributed by atoms with Crippen LogP contribution in [0.5, 0.6) is 11.5 Å². The first-order chi connectivity index (χ1) is 14.7. The Morgan fingerprint density at radius 3 is 2.48 bits per heavy atom. The second-order valence-corrected chi connectivity index (χ2v) is 7.26. The number of aliphatic hydroxyl groups is 5. The third kappa shape index (κ3) is 5.04.